The van der Waals surface area contributed by atoms with E-state index in [1.165, 1.54) is 0 Å². The van der Waals surface area contributed by atoms with E-state index in [2.05, 4.69) is 22.5 Å². The van der Waals surface area contributed by atoms with Gasteiger partial charge in [0.25, 0.3) is 0 Å². The fourth-order valence-corrected chi connectivity index (χ4v) is 2.55. The highest BCUT2D eigenvalue weighted by Crippen LogP contribution is 2.46. The Balaban J connectivity index is 2.12. The molecule has 2 N–H and O–H groups in total. The second kappa shape index (κ2) is 3.64. The fourth-order valence-electron chi connectivity index (χ4n) is 2.55. The van der Waals surface area contributed by atoms with Gasteiger partial charge in [-0.05, 0) is 13.0 Å². The van der Waals surface area contributed by atoms with Gasteiger partial charge in [0, 0.05) is 11.5 Å². The van der Waals surface area contributed by atoms with Crippen LogP contribution >= 0.6 is 0 Å². The van der Waals surface area contributed by atoms with Gasteiger partial charge in [-0.1, -0.05) is 25.1 Å². The second-order valence-electron chi connectivity index (χ2n) is 4.82. The van der Waals surface area contributed by atoms with Crippen molar-refractivity contribution >= 4 is 5.96 Å². The topological polar surface area (TPSA) is 69.4 Å². The van der Waals surface area contributed by atoms with Crippen LogP contribution in [0.3, 0.4) is 0 Å². The summed E-state index contributed by atoms with van der Waals surface area (Å²) in [7, 11) is 0. The van der Waals surface area contributed by atoms with Crippen molar-refractivity contribution in [3.8, 4) is 11.9 Å². The van der Waals surface area contributed by atoms with Gasteiger partial charge in [-0.3, -0.25) is 5.32 Å². The molecule has 2 aliphatic rings. The highest BCUT2D eigenvalue weighted by molar-refractivity contribution is 5.83. The minimum Gasteiger partial charge on any atom is -0.468 e. The number of aliphatic imine (C=N–C) groups is 1. The maximum atomic E-state index is 8.70. The van der Waals surface area contributed by atoms with Gasteiger partial charge in [-0.15, -0.1) is 0 Å². The zero-order valence-corrected chi connectivity index (χ0v) is 10.3. The number of nitriles is 1. The number of nitrogens with one attached hydrogen (secondary N) is 2. The van der Waals surface area contributed by atoms with Crippen LogP contribution in [0.1, 0.15) is 25.5 Å². The van der Waals surface area contributed by atoms with E-state index in [9.17, 15) is 0 Å². The number of para-hydroxylation sites is 1. The molecule has 0 fully saturated rings. The number of fused-ring (bicyclic) bond motifs is 4. The van der Waals surface area contributed by atoms with E-state index in [-0.39, 0.29) is 12.0 Å². The van der Waals surface area contributed by atoms with Crippen LogP contribution in [0.15, 0.2) is 29.3 Å². The average Bonchev–Trinajstić information content (AvgIpc) is 2.33. The third kappa shape index (κ3) is 1.42. The highest BCUT2D eigenvalue weighted by Gasteiger charge is 2.47. The lowest BCUT2D eigenvalue weighted by Crippen LogP contribution is -2.63. The number of hydrogen-bond acceptors (Lipinski definition) is 5. The third-order valence-corrected chi connectivity index (χ3v) is 3.71. The fraction of sp³-hybridized carbons (Fsp3) is 0.385. The van der Waals surface area contributed by atoms with Gasteiger partial charge in [0.05, 0.1) is 6.04 Å². The van der Waals surface area contributed by atoms with Gasteiger partial charge >= 0.3 is 0 Å². The zero-order chi connectivity index (χ0) is 12.8. The molecule has 2 aliphatic heterocycles. The Hall–Kier alpha value is -2.22. The van der Waals surface area contributed by atoms with Gasteiger partial charge in [-0.2, -0.15) is 5.26 Å². The molecule has 0 saturated heterocycles. The van der Waals surface area contributed by atoms with E-state index >= 15 is 0 Å². The molecular formula is C13H14N4O. The van der Waals surface area contributed by atoms with Crippen molar-refractivity contribution in [3.63, 3.8) is 0 Å². The predicted octanol–water partition coefficient (Wildman–Crippen LogP) is 1.50. The minimum atomic E-state index is -0.542. The number of nitrogens with zero attached hydrogens (tertiary/aromatic N) is 2. The molecule has 0 saturated carbocycles. The molecule has 5 heteroatoms. The summed E-state index contributed by atoms with van der Waals surface area (Å²) in [5.41, 5.74) is 0.529. The van der Waals surface area contributed by atoms with Crippen LogP contribution in [0.4, 0.5) is 0 Å². The lowest BCUT2D eigenvalue weighted by Gasteiger charge is -2.47. The lowest BCUT2D eigenvalue weighted by molar-refractivity contribution is -0.0186. The molecule has 0 unspecified atom stereocenters. The number of benzene rings is 1. The lowest BCUT2D eigenvalue weighted by atomic mass is 9.83. The van der Waals surface area contributed by atoms with E-state index in [0.29, 0.717) is 5.96 Å². The molecule has 2 heterocycles. The van der Waals surface area contributed by atoms with Crippen LogP contribution in [0.5, 0.6) is 5.75 Å². The van der Waals surface area contributed by atoms with Crippen molar-refractivity contribution in [2.45, 2.75) is 25.6 Å². The van der Waals surface area contributed by atoms with Crippen molar-refractivity contribution in [2.24, 2.45) is 10.9 Å². The normalized spacial score (nSPS) is 32.2. The van der Waals surface area contributed by atoms with Gasteiger partial charge in [-0.25, -0.2) is 4.99 Å². The molecule has 3 atom stereocenters. The second-order valence-corrected chi connectivity index (χ2v) is 4.82. The number of hydrogen-bond donors (Lipinski definition) is 2. The molecule has 1 aromatic carbocycles. The molecule has 2 bridgehead atoms. The van der Waals surface area contributed by atoms with E-state index in [1.807, 2.05) is 37.4 Å². The maximum Gasteiger partial charge on any atom is 0.208 e. The molecule has 0 amide bonds. The van der Waals surface area contributed by atoms with E-state index in [4.69, 9.17) is 10.00 Å². The predicted molar refractivity (Wildman–Crippen MR) is 66.7 cm³/mol. The molecule has 92 valence electrons. The van der Waals surface area contributed by atoms with E-state index in [1.54, 1.807) is 0 Å². The maximum absolute atomic E-state index is 8.70. The molecule has 18 heavy (non-hydrogen) atoms. The SMILES string of the molecule is C[C@@H]1[C@H]2N=C(NC#N)N[C@]1(C)Oc1ccccc12. The molecule has 1 aromatic rings. The summed E-state index contributed by atoms with van der Waals surface area (Å²) in [5, 5.41) is 14.4. The standard InChI is InChI=1S/C13H14N4O/c1-8-11-9-5-3-4-6-10(9)18-13(8,2)17-12(16-11)15-7-14/h3-6,8,11H,1-2H3,(H2,15,16,17)/t8-,11-,13-/m1/s1. The van der Waals surface area contributed by atoms with Crippen molar-refractivity contribution in [2.75, 3.05) is 0 Å². The molecule has 0 aromatic heterocycles. The Morgan fingerprint density at radius 3 is 3.06 bits per heavy atom. The third-order valence-electron chi connectivity index (χ3n) is 3.71. The first-order valence-electron chi connectivity index (χ1n) is 5.93. The van der Waals surface area contributed by atoms with Crippen LogP contribution in [0, 0.1) is 17.4 Å². The van der Waals surface area contributed by atoms with Gasteiger partial charge in [0.2, 0.25) is 5.96 Å². The molecule has 3 rings (SSSR count). The van der Waals surface area contributed by atoms with E-state index in [0.717, 1.165) is 11.3 Å². The first-order chi connectivity index (χ1) is 8.64. The quantitative estimate of drug-likeness (QED) is 0.534. The van der Waals surface area contributed by atoms with Crippen LogP contribution in [0.25, 0.3) is 0 Å². The summed E-state index contributed by atoms with van der Waals surface area (Å²) in [4.78, 5) is 4.55. The Bertz CT molecular complexity index is 562. The summed E-state index contributed by atoms with van der Waals surface area (Å²) in [6.07, 6.45) is 1.88. The summed E-state index contributed by atoms with van der Waals surface area (Å²) >= 11 is 0. The van der Waals surface area contributed by atoms with Crippen molar-refractivity contribution in [1.82, 2.24) is 10.6 Å². The van der Waals surface area contributed by atoms with Crippen LogP contribution < -0.4 is 15.4 Å². The largest absolute Gasteiger partial charge is 0.468 e. The van der Waals surface area contributed by atoms with Gasteiger partial charge in [0.1, 0.15) is 5.75 Å². The monoisotopic (exact) mass is 242 g/mol. The van der Waals surface area contributed by atoms with Crippen LogP contribution in [0.2, 0.25) is 0 Å². The Labute approximate surface area is 105 Å². The van der Waals surface area contributed by atoms with Crippen LogP contribution in [-0.2, 0) is 0 Å². The van der Waals surface area contributed by atoms with Gasteiger partial charge in [0.15, 0.2) is 11.9 Å². The molecule has 5 nitrogen and oxygen atoms in total. The van der Waals surface area contributed by atoms with Crippen LogP contribution in [-0.4, -0.2) is 11.7 Å². The summed E-state index contributed by atoms with van der Waals surface area (Å²) in [6.45, 7) is 4.08. The number of ether oxygens (including phenoxy) is 1. The van der Waals surface area contributed by atoms with Crippen molar-refractivity contribution < 1.29 is 4.74 Å². The first kappa shape index (κ1) is 10.9. The summed E-state index contributed by atoms with van der Waals surface area (Å²) in [6, 6.07) is 7.91. The molecular weight excluding hydrogens is 228 g/mol. The average molecular weight is 242 g/mol. The molecule has 0 radical (unpaired) electrons. The highest BCUT2D eigenvalue weighted by atomic mass is 16.5. The van der Waals surface area contributed by atoms with E-state index < -0.39 is 5.72 Å². The van der Waals surface area contributed by atoms with Crippen molar-refractivity contribution in [3.05, 3.63) is 29.8 Å². The smallest absolute Gasteiger partial charge is 0.208 e. The summed E-state index contributed by atoms with van der Waals surface area (Å²) < 4.78 is 6.04. The van der Waals surface area contributed by atoms with Gasteiger partial charge < -0.3 is 10.1 Å². The van der Waals surface area contributed by atoms with Crippen molar-refractivity contribution in [1.29, 1.82) is 5.26 Å². The first-order valence-corrected chi connectivity index (χ1v) is 5.93. The summed E-state index contributed by atoms with van der Waals surface area (Å²) in [5.74, 6) is 1.52. The Morgan fingerprint density at radius 2 is 2.28 bits per heavy atom. The Morgan fingerprint density at radius 1 is 1.50 bits per heavy atom. The molecule has 0 aliphatic carbocycles. The number of guanidine groups is 1. The Kier molecular flexibility index (Phi) is 2.20. The molecule has 0 spiro atoms. The number of rotatable bonds is 0. The zero-order valence-electron chi connectivity index (χ0n) is 10.3. The minimum absolute atomic E-state index is 0.0112.